The van der Waals surface area contributed by atoms with Gasteiger partial charge in [-0.15, -0.1) is 0 Å². The Morgan fingerprint density at radius 2 is 2.20 bits per heavy atom. The Labute approximate surface area is 123 Å². The average Bonchev–Trinajstić information content (AvgIpc) is 2.71. The van der Waals surface area contributed by atoms with Gasteiger partial charge in [0, 0.05) is 11.5 Å². The predicted octanol–water partition coefficient (Wildman–Crippen LogP) is 3.22. The fourth-order valence-electron chi connectivity index (χ4n) is 2.86. The van der Waals surface area contributed by atoms with E-state index in [4.69, 9.17) is 18.0 Å². The lowest BCUT2D eigenvalue weighted by molar-refractivity contribution is -0.122. The van der Waals surface area contributed by atoms with Crippen molar-refractivity contribution in [2.45, 2.75) is 33.1 Å². The van der Waals surface area contributed by atoms with Crippen molar-refractivity contribution in [1.82, 2.24) is 0 Å². The molecule has 1 aromatic rings. The standard InChI is InChI=1S/C15H19FN2OS/c1-15(2)7-3-4-11(15)14(19)18-12-6-5-9(16)8-10(12)13(17)20/h5-6,8,11H,3-4,7H2,1-2H3,(H2,17,20)(H,18,19). The molecule has 1 atom stereocenters. The van der Waals surface area contributed by atoms with Crippen LogP contribution >= 0.6 is 12.2 Å². The number of benzene rings is 1. The molecule has 1 aliphatic rings. The Bertz CT molecular complexity index is 557. The van der Waals surface area contributed by atoms with Crippen LogP contribution in [0, 0.1) is 17.2 Å². The molecule has 3 nitrogen and oxygen atoms in total. The van der Waals surface area contributed by atoms with Crippen LogP contribution in [0.3, 0.4) is 0 Å². The van der Waals surface area contributed by atoms with Gasteiger partial charge in [-0.25, -0.2) is 4.39 Å². The number of nitrogens with two attached hydrogens (primary N) is 1. The molecule has 1 fully saturated rings. The molecule has 5 heteroatoms. The van der Waals surface area contributed by atoms with Crippen LogP contribution < -0.4 is 11.1 Å². The molecule has 2 rings (SSSR count). The van der Waals surface area contributed by atoms with Gasteiger partial charge in [-0.3, -0.25) is 4.79 Å². The molecule has 1 aromatic carbocycles. The van der Waals surface area contributed by atoms with Gasteiger partial charge in [0.05, 0.1) is 5.69 Å². The van der Waals surface area contributed by atoms with Gasteiger partial charge in [-0.1, -0.05) is 32.5 Å². The third-order valence-electron chi connectivity index (χ3n) is 4.08. The van der Waals surface area contributed by atoms with Gasteiger partial charge in [0.25, 0.3) is 0 Å². The zero-order valence-corrected chi connectivity index (χ0v) is 12.5. The Balaban J connectivity index is 2.22. The summed E-state index contributed by atoms with van der Waals surface area (Å²) in [5.41, 5.74) is 6.42. The summed E-state index contributed by atoms with van der Waals surface area (Å²) in [6.07, 6.45) is 2.97. The van der Waals surface area contributed by atoms with Crippen LogP contribution in [0.2, 0.25) is 0 Å². The highest BCUT2D eigenvalue weighted by Gasteiger charge is 2.39. The third-order valence-corrected chi connectivity index (χ3v) is 4.30. The first-order valence-corrected chi connectivity index (χ1v) is 7.12. The van der Waals surface area contributed by atoms with Crippen LogP contribution in [0.5, 0.6) is 0 Å². The van der Waals surface area contributed by atoms with Crippen LogP contribution in [0.4, 0.5) is 10.1 Å². The lowest BCUT2D eigenvalue weighted by atomic mass is 9.81. The van der Waals surface area contributed by atoms with Crippen molar-refractivity contribution in [2.24, 2.45) is 17.1 Å². The summed E-state index contributed by atoms with van der Waals surface area (Å²) in [5, 5.41) is 2.84. The lowest BCUT2D eigenvalue weighted by Crippen LogP contribution is -2.31. The smallest absolute Gasteiger partial charge is 0.228 e. The molecule has 1 saturated carbocycles. The first-order chi connectivity index (χ1) is 9.31. The molecule has 0 radical (unpaired) electrons. The number of halogens is 1. The SMILES string of the molecule is CC1(C)CCCC1C(=O)Nc1ccc(F)cc1C(N)=S. The molecular weight excluding hydrogens is 275 g/mol. The highest BCUT2D eigenvalue weighted by Crippen LogP contribution is 2.43. The second kappa shape index (κ2) is 5.48. The van der Waals surface area contributed by atoms with E-state index in [9.17, 15) is 9.18 Å². The van der Waals surface area contributed by atoms with Crippen molar-refractivity contribution in [3.8, 4) is 0 Å². The molecule has 0 aliphatic heterocycles. The van der Waals surface area contributed by atoms with Gasteiger partial charge in [0.2, 0.25) is 5.91 Å². The number of carbonyl (C=O) groups excluding carboxylic acids is 1. The summed E-state index contributed by atoms with van der Waals surface area (Å²) in [6, 6.07) is 4.04. The largest absolute Gasteiger partial charge is 0.389 e. The highest BCUT2D eigenvalue weighted by atomic mass is 32.1. The summed E-state index contributed by atoms with van der Waals surface area (Å²) < 4.78 is 13.2. The average molecular weight is 294 g/mol. The fraction of sp³-hybridized carbons (Fsp3) is 0.467. The van der Waals surface area contributed by atoms with Gasteiger partial charge in [0.15, 0.2) is 0 Å². The van der Waals surface area contributed by atoms with Crippen LogP contribution in [-0.4, -0.2) is 10.9 Å². The van der Waals surface area contributed by atoms with E-state index in [1.165, 1.54) is 18.2 Å². The molecule has 0 spiro atoms. The molecule has 20 heavy (non-hydrogen) atoms. The first kappa shape index (κ1) is 14.9. The Morgan fingerprint density at radius 1 is 1.50 bits per heavy atom. The van der Waals surface area contributed by atoms with Gasteiger partial charge in [-0.2, -0.15) is 0 Å². The second-order valence-corrected chi connectivity index (χ2v) is 6.42. The molecule has 1 amide bonds. The minimum atomic E-state index is -0.424. The number of hydrogen-bond donors (Lipinski definition) is 2. The maximum Gasteiger partial charge on any atom is 0.228 e. The Morgan fingerprint density at radius 3 is 2.75 bits per heavy atom. The van der Waals surface area contributed by atoms with Crippen molar-refractivity contribution in [1.29, 1.82) is 0 Å². The van der Waals surface area contributed by atoms with E-state index in [0.717, 1.165) is 19.3 Å². The van der Waals surface area contributed by atoms with Crippen molar-refractivity contribution < 1.29 is 9.18 Å². The number of anilines is 1. The van der Waals surface area contributed by atoms with Gasteiger partial charge in [-0.05, 0) is 36.5 Å². The monoisotopic (exact) mass is 294 g/mol. The normalized spacial score (nSPS) is 20.6. The topological polar surface area (TPSA) is 55.1 Å². The number of rotatable bonds is 3. The number of hydrogen-bond acceptors (Lipinski definition) is 2. The van der Waals surface area contributed by atoms with E-state index in [2.05, 4.69) is 19.2 Å². The minimum absolute atomic E-state index is 0.00645. The van der Waals surface area contributed by atoms with Gasteiger partial charge >= 0.3 is 0 Å². The highest BCUT2D eigenvalue weighted by molar-refractivity contribution is 7.80. The second-order valence-electron chi connectivity index (χ2n) is 5.98. The van der Waals surface area contributed by atoms with Crippen LogP contribution in [0.1, 0.15) is 38.7 Å². The van der Waals surface area contributed by atoms with Gasteiger partial charge < -0.3 is 11.1 Å². The first-order valence-electron chi connectivity index (χ1n) is 6.71. The van der Waals surface area contributed by atoms with Crippen LogP contribution in [-0.2, 0) is 4.79 Å². The van der Waals surface area contributed by atoms with E-state index in [1.807, 2.05) is 0 Å². The Hall–Kier alpha value is -1.49. The molecule has 0 heterocycles. The van der Waals surface area contributed by atoms with Crippen molar-refractivity contribution in [3.05, 3.63) is 29.6 Å². The summed E-state index contributed by atoms with van der Waals surface area (Å²) >= 11 is 4.90. The quantitative estimate of drug-likeness (QED) is 0.842. The Kier molecular flexibility index (Phi) is 4.09. The predicted molar refractivity (Wildman–Crippen MR) is 82.0 cm³/mol. The molecule has 0 bridgehead atoms. The van der Waals surface area contributed by atoms with Crippen molar-refractivity contribution >= 4 is 28.8 Å². The molecule has 3 N–H and O–H groups in total. The summed E-state index contributed by atoms with van der Waals surface area (Å²) in [7, 11) is 0. The molecule has 0 saturated heterocycles. The fourth-order valence-corrected chi connectivity index (χ4v) is 3.03. The van der Waals surface area contributed by atoms with E-state index in [1.54, 1.807) is 0 Å². The van der Waals surface area contributed by atoms with E-state index in [0.29, 0.717) is 11.3 Å². The van der Waals surface area contributed by atoms with E-state index in [-0.39, 0.29) is 22.2 Å². The van der Waals surface area contributed by atoms with E-state index < -0.39 is 5.82 Å². The maximum absolute atomic E-state index is 13.2. The number of nitrogens with one attached hydrogen (secondary N) is 1. The van der Waals surface area contributed by atoms with Crippen LogP contribution in [0.15, 0.2) is 18.2 Å². The summed E-state index contributed by atoms with van der Waals surface area (Å²) in [4.78, 5) is 12.5. The zero-order valence-electron chi connectivity index (χ0n) is 11.7. The van der Waals surface area contributed by atoms with Gasteiger partial charge in [0.1, 0.15) is 10.8 Å². The van der Waals surface area contributed by atoms with Crippen molar-refractivity contribution in [2.75, 3.05) is 5.32 Å². The minimum Gasteiger partial charge on any atom is -0.389 e. The number of thiocarbonyl (C=S) groups is 1. The number of carbonyl (C=O) groups is 1. The third kappa shape index (κ3) is 2.98. The molecule has 108 valence electrons. The van der Waals surface area contributed by atoms with Crippen LogP contribution in [0.25, 0.3) is 0 Å². The van der Waals surface area contributed by atoms with Crippen molar-refractivity contribution in [3.63, 3.8) is 0 Å². The lowest BCUT2D eigenvalue weighted by Gasteiger charge is -2.26. The zero-order chi connectivity index (χ0) is 14.9. The summed E-state index contributed by atoms with van der Waals surface area (Å²) in [5.74, 6) is -0.504. The number of amides is 1. The van der Waals surface area contributed by atoms with E-state index >= 15 is 0 Å². The molecule has 1 unspecified atom stereocenters. The molecule has 0 aromatic heterocycles. The molecule has 1 aliphatic carbocycles. The maximum atomic E-state index is 13.2. The molecular formula is C15H19FN2OS. The summed E-state index contributed by atoms with van der Waals surface area (Å²) in [6.45, 7) is 4.20.